The summed E-state index contributed by atoms with van der Waals surface area (Å²) in [5.74, 6) is 0.861. The molecule has 0 saturated heterocycles. The van der Waals surface area contributed by atoms with Crippen molar-refractivity contribution in [2.45, 2.75) is 32.9 Å². The number of phenolic OH excluding ortho intramolecular Hbond substituents is 1. The van der Waals surface area contributed by atoms with Gasteiger partial charge in [0.1, 0.15) is 11.5 Å². The summed E-state index contributed by atoms with van der Waals surface area (Å²) in [7, 11) is 0. The van der Waals surface area contributed by atoms with E-state index in [1.165, 1.54) is 0 Å². The maximum atomic E-state index is 9.61. The fourth-order valence-corrected chi connectivity index (χ4v) is 1.25. The summed E-state index contributed by atoms with van der Waals surface area (Å²) in [6.45, 7) is 5.71. The highest BCUT2D eigenvalue weighted by Gasteiger charge is 2.07. The van der Waals surface area contributed by atoms with Crippen molar-refractivity contribution in [1.29, 1.82) is 0 Å². The minimum Gasteiger partial charge on any atom is -0.507 e. The van der Waals surface area contributed by atoms with Crippen molar-refractivity contribution < 1.29 is 9.84 Å². The van der Waals surface area contributed by atoms with Gasteiger partial charge in [0.05, 0.1) is 6.10 Å². The molecule has 1 aromatic carbocycles. The fraction of sp³-hybridized carbons (Fsp3) is 0.455. The monoisotopic (exact) mass is 195 g/mol. The third-order valence-electron chi connectivity index (χ3n) is 1.86. The zero-order chi connectivity index (χ0) is 10.7. The van der Waals surface area contributed by atoms with Crippen molar-refractivity contribution in [3.05, 3.63) is 23.8 Å². The first kappa shape index (κ1) is 10.9. The Bertz CT molecular complexity index is 308. The molecular weight excluding hydrogens is 178 g/mol. The molecule has 0 aliphatic carbocycles. The van der Waals surface area contributed by atoms with Gasteiger partial charge in [-0.1, -0.05) is 6.07 Å². The molecule has 0 aliphatic rings. The van der Waals surface area contributed by atoms with Crippen LogP contribution in [0, 0.1) is 0 Å². The van der Waals surface area contributed by atoms with Crippen molar-refractivity contribution in [2.75, 3.05) is 0 Å². The molecule has 1 aromatic rings. The number of aromatic hydroxyl groups is 1. The van der Waals surface area contributed by atoms with E-state index < -0.39 is 0 Å². The number of rotatable bonds is 3. The molecular formula is C11H17NO2. The molecule has 78 valence electrons. The topological polar surface area (TPSA) is 55.5 Å². The Hall–Kier alpha value is -1.22. The molecule has 0 heterocycles. The maximum absolute atomic E-state index is 9.61. The third-order valence-corrected chi connectivity index (χ3v) is 1.86. The second-order valence-corrected chi connectivity index (χ2v) is 3.68. The molecule has 3 heteroatoms. The second kappa shape index (κ2) is 4.33. The van der Waals surface area contributed by atoms with Gasteiger partial charge in [0.25, 0.3) is 0 Å². The Morgan fingerprint density at radius 3 is 2.36 bits per heavy atom. The summed E-state index contributed by atoms with van der Waals surface area (Å²) in [6, 6.07) is 5.04. The highest BCUT2D eigenvalue weighted by Crippen LogP contribution is 2.27. The van der Waals surface area contributed by atoms with Crippen LogP contribution < -0.4 is 10.5 Å². The molecule has 1 atom stereocenters. The lowest BCUT2D eigenvalue weighted by Gasteiger charge is -2.13. The van der Waals surface area contributed by atoms with E-state index in [9.17, 15) is 5.11 Å². The summed E-state index contributed by atoms with van der Waals surface area (Å²) in [5, 5.41) is 9.61. The van der Waals surface area contributed by atoms with Crippen LogP contribution in [0.1, 0.15) is 32.4 Å². The van der Waals surface area contributed by atoms with E-state index in [1.807, 2.05) is 26.8 Å². The van der Waals surface area contributed by atoms with E-state index in [4.69, 9.17) is 10.5 Å². The molecule has 0 saturated carbocycles. The predicted molar refractivity (Wildman–Crippen MR) is 56.5 cm³/mol. The van der Waals surface area contributed by atoms with Gasteiger partial charge in [0.2, 0.25) is 0 Å². The molecule has 0 bridgehead atoms. The molecule has 0 radical (unpaired) electrons. The summed E-state index contributed by atoms with van der Waals surface area (Å²) in [5.41, 5.74) is 6.40. The minimum atomic E-state index is -0.164. The Kier molecular flexibility index (Phi) is 3.36. The van der Waals surface area contributed by atoms with Crippen LogP contribution in [0.25, 0.3) is 0 Å². The van der Waals surface area contributed by atoms with Gasteiger partial charge in [-0.05, 0) is 26.8 Å². The maximum Gasteiger partial charge on any atom is 0.124 e. The van der Waals surface area contributed by atoms with Gasteiger partial charge < -0.3 is 15.6 Å². The standard InChI is InChI=1S/C11H17NO2/c1-7(2)14-9-4-5-10(8(3)12)11(13)6-9/h4-8,13H,12H2,1-3H3/t8-/m1/s1. The van der Waals surface area contributed by atoms with Crippen LogP contribution in [0.5, 0.6) is 11.5 Å². The number of nitrogens with two attached hydrogens (primary N) is 1. The number of hydrogen-bond acceptors (Lipinski definition) is 3. The Labute approximate surface area is 84.5 Å². The van der Waals surface area contributed by atoms with E-state index in [1.54, 1.807) is 12.1 Å². The van der Waals surface area contributed by atoms with Gasteiger partial charge in [-0.2, -0.15) is 0 Å². The van der Waals surface area contributed by atoms with Gasteiger partial charge in [0.15, 0.2) is 0 Å². The summed E-state index contributed by atoms with van der Waals surface area (Å²) in [4.78, 5) is 0. The molecule has 3 nitrogen and oxygen atoms in total. The van der Waals surface area contributed by atoms with Crippen LogP contribution in [-0.2, 0) is 0 Å². The van der Waals surface area contributed by atoms with Crippen molar-refractivity contribution in [2.24, 2.45) is 5.73 Å². The Morgan fingerprint density at radius 1 is 1.29 bits per heavy atom. The SMILES string of the molecule is CC(C)Oc1ccc([C@@H](C)N)c(O)c1. The lowest BCUT2D eigenvalue weighted by Crippen LogP contribution is -2.07. The average molecular weight is 195 g/mol. The lowest BCUT2D eigenvalue weighted by molar-refractivity contribution is 0.241. The van der Waals surface area contributed by atoms with E-state index in [2.05, 4.69) is 0 Å². The molecule has 0 amide bonds. The third kappa shape index (κ3) is 2.64. The van der Waals surface area contributed by atoms with Gasteiger partial charge in [-0.25, -0.2) is 0 Å². The Morgan fingerprint density at radius 2 is 1.93 bits per heavy atom. The first-order valence-electron chi connectivity index (χ1n) is 4.76. The van der Waals surface area contributed by atoms with Crippen molar-refractivity contribution in [3.63, 3.8) is 0 Å². The van der Waals surface area contributed by atoms with E-state index >= 15 is 0 Å². The number of hydrogen-bond donors (Lipinski definition) is 2. The van der Waals surface area contributed by atoms with E-state index in [0.29, 0.717) is 5.75 Å². The highest BCUT2D eigenvalue weighted by molar-refractivity contribution is 5.41. The second-order valence-electron chi connectivity index (χ2n) is 3.68. The van der Waals surface area contributed by atoms with Gasteiger partial charge in [-0.3, -0.25) is 0 Å². The average Bonchev–Trinajstić information content (AvgIpc) is 2.01. The zero-order valence-corrected chi connectivity index (χ0v) is 8.82. The van der Waals surface area contributed by atoms with Crippen molar-refractivity contribution in [1.82, 2.24) is 0 Å². The lowest BCUT2D eigenvalue weighted by atomic mass is 10.1. The van der Waals surface area contributed by atoms with Gasteiger partial charge in [0, 0.05) is 17.7 Å². The van der Waals surface area contributed by atoms with E-state index in [-0.39, 0.29) is 17.9 Å². The quantitative estimate of drug-likeness (QED) is 0.777. The molecule has 0 aliphatic heterocycles. The van der Waals surface area contributed by atoms with Gasteiger partial charge >= 0.3 is 0 Å². The number of phenols is 1. The van der Waals surface area contributed by atoms with Gasteiger partial charge in [-0.15, -0.1) is 0 Å². The van der Waals surface area contributed by atoms with Crippen LogP contribution >= 0.6 is 0 Å². The van der Waals surface area contributed by atoms with Crippen LogP contribution in [0.3, 0.4) is 0 Å². The highest BCUT2D eigenvalue weighted by atomic mass is 16.5. The summed E-state index contributed by atoms with van der Waals surface area (Å²) >= 11 is 0. The Balaban J connectivity index is 2.89. The zero-order valence-electron chi connectivity index (χ0n) is 8.82. The van der Waals surface area contributed by atoms with Crippen molar-refractivity contribution in [3.8, 4) is 11.5 Å². The molecule has 1 rings (SSSR count). The number of benzene rings is 1. The minimum absolute atomic E-state index is 0.107. The van der Waals surface area contributed by atoms with Crippen molar-refractivity contribution >= 4 is 0 Å². The molecule has 0 fully saturated rings. The molecule has 0 spiro atoms. The smallest absolute Gasteiger partial charge is 0.124 e. The summed E-state index contributed by atoms with van der Waals surface area (Å²) in [6.07, 6.45) is 0.107. The number of ether oxygens (including phenoxy) is 1. The molecule has 14 heavy (non-hydrogen) atoms. The largest absolute Gasteiger partial charge is 0.507 e. The molecule has 3 N–H and O–H groups in total. The molecule has 0 unspecified atom stereocenters. The fourth-order valence-electron chi connectivity index (χ4n) is 1.25. The molecule has 0 aromatic heterocycles. The van der Waals surface area contributed by atoms with Crippen LogP contribution in [0.15, 0.2) is 18.2 Å². The normalized spacial score (nSPS) is 12.9. The van der Waals surface area contributed by atoms with Crippen LogP contribution in [0.4, 0.5) is 0 Å². The summed E-state index contributed by atoms with van der Waals surface area (Å²) < 4.78 is 5.43. The predicted octanol–water partition coefficient (Wildman–Crippen LogP) is 2.20. The van der Waals surface area contributed by atoms with E-state index in [0.717, 1.165) is 5.56 Å². The van der Waals surface area contributed by atoms with Crippen LogP contribution in [-0.4, -0.2) is 11.2 Å². The first-order valence-corrected chi connectivity index (χ1v) is 4.76. The van der Waals surface area contributed by atoms with Crippen LogP contribution in [0.2, 0.25) is 0 Å². The first-order chi connectivity index (χ1) is 6.50.